The topological polar surface area (TPSA) is 18.5 Å². The molecule has 15 heavy (non-hydrogen) atoms. The molecule has 0 amide bonds. The van der Waals surface area contributed by atoms with Gasteiger partial charge in [-0.05, 0) is 12.8 Å². The molecule has 0 spiro atoms. The molecule has 1 saturated carbocycles. The molecule has 2 fully saturated rings. The summed E-state index contributed by atoms with van der Waals surface area (Å²) in [6.07, 6.45) is 8.04. The highest BCUT2D eigenvalue weighted by Crippen LogP contribution is 2.27. The van der Waals surface area contributed by atoms with Gasteiger partial charge in [-0.25, -0.2) is 0 Å². The van der Waals surface area contributed by atoms with E-state index in [1.807, 2.05) is 0 Å². The normalized spacial score (nSPS) is 23.9. The maximum atomic E-state index is 5.17. The highest BCUT2D eigenvalue weighted by Gasteiger charge is 2.30. The van der Waals surface area contributed by atoms with Gasteiger partial charge in [-0.2, -0.15) is 0 Å². The van der Waals surface area contributed by atoms with Gasteiger partial charge in [0.2, 0.25) is 0 Å². The number of nitrogens with zero attached hydrogens (tertiary/aromatic N) is 2. The predicted molar refractivity (Wildman–Crippen MR) is 62.7 cm³/mol. The van der Waals surface area contributed by atoms with E-state index in [-0.39, 0.29) is 0 Å². The molecule has 0 aromatic carbocycles. The van der Waals surface area contributed by atoms with Crippen molar-refractivity contribution in [3.05, 3.63) is 0 Å². The number of rotatable bonds is 5. The Hall–Kier alpha value is -0.560. The largest absolute Gasteiger partial charge is 0.305 e. The van der Waals surface area contributed by atoms with Crippen molar-refractivity contribution >= 4 is 0 Å². The van der Waals surface area contributed by atoms with Crippen molar-refractivity contribution < 1.29 is 0 Å². The molecule has 3 heteroatoms. The van der Waals surface area contributed by atoms with Crippen LogP contribution in [-0.4, -0.2) is 61.7 Å². The van der Waals surface area contributed by atoms with E-state index in [1.165, 1.54) is 39.0 Å². The summed E-state index contributed by atoms with van der Waals surface area (Å²) in [4.78, 5) is 5.17. The van der Waals surface area contributed by atoms with Crippen molar-refractivity contribution in [3.8, 4) is 12.3 Å². The van der Waals surface area contributed by atoms with E-state index in [2.05, 4.69) is 21.0 Å². The molecular formula is C12H21N3. The van der Waals surface area contributed by atoms with Crippen LogP contribution in [0.2, 0.25) is 0 Å². The fourth-order valence-corrected chi connectivity index (χ4v) is 2.19. The van der Waals surface area contributed by atoms with Crippen molar-refractivity contribution in [2.45, 2.75) is 18.9 Å². The molecule has 3 nitrogen and oxygen atoms in total. The Balaban J connectivity index is 1.55. The maximum absolute atomic E-state index is 5.17. The van der Waals surface area contributed by atoms with Gasteiger partial charge in [-0.1, -0.05) is 5.92 Å². The van der Waals surface area contributed by atoms with Crippen LogP contribution in [0.25, 0.3) is 0 Å². The molecule has 1 aliphatic carbocycles. The highest BCUT2D eigenvalue weighted by molar-refractivity contribution is 4.88. The zero-order valence-electron chi connectivity index (χ0n) is 9.41. The second-order valence-corrected chi connectivity index (χ2v) is 4.49. The molecule has 1 N–H and O–H groups in total. The smallest absolute Gasteiger partial charge is 0.0574 e. The minimum atomic E-state index is 0.696. The van der Waals surface area contributed by atoms with Crippen molar-refractivity contribution in [1.82, 2.24) is 15.1 Å². The molecule has 0 aromatic rings. The molecule has 0 aromatic heterocycles. The Bertz CT molecular complexity index is 222. The van der Waals surface area contributed by atoms with E-state index in [0.29, 0.717) is 6.54 Å². The molecule has 0 radical (unpaired) electrons. The Morgan fingerprint density at radius 1 is 1.20 bits per heavy atom. The second kappa shape index (κ2) is 5.50. The van der Waals surface area contributed by atoms with Crippen LogP contribution in [0.5, 0.6) is 0 Å². The van der Waals surface area contributed by atoms with E-state index in [4.69, 9.17) is 6.42 Å². The van der Waals surface area contributed by atoms with Crippen LogP contribution >= 0.6 is 0 Å². The van der Waals surface area contributed by atoms with Crippen LogP contribution in [-0.2, 0) is 0 Å². The molecule has 2 rings (SSSR count). The summed E-state index contributed by atoms with van der Waals surface area (Å²) < 4.78 is 0. The monoisotopic (exact) mass is 207 g/mol. The third-order valence-corrected chi connectivity index (χ3v) is 3.30. The minimum absolute atomic E-state index is 0.696. The number of hydrogen-bond acceptors (Lipinski definition) is 3. The summed E-state index contributed by atoms with van der Waals surface area (Å²) in [7, 11) is 0. The number of terminal acetylenes is 1. The van der Waals surface area contributed by atoms with Crippen molar-refractivity contribution in [2.24, 2.45) is 0 Å². The van der Waals surface area contributed by atoms with Crippen LogP contribution in [0.4, 0.5) is 0 Å². The maximum Gasteiger partial charge on any atom is 0.0574 e. The van der Waals surface area contributed by atoms with Crippen LogP contribution in [0.15, 0.2) is 0 Å². The lowest BCUT2D eigenvalue weighted by Gasteiger charge is -2.34. The average molecular weight is 207 g/mol. The van der Waals surface area contributed by atoms with Gasteiger partial charge in [0.15, 0.2) is 0 Å². The molecule has 2 aliphatic rings. The number of piperazine rings is 1. The molecule has 0 bridgehead atoms. The Kier molecular flexibility index (Phi) is 4.01. The van der Waals surface area contributed by atoms with Gasteiger partial charge < -0.3 is 5.32 Å². The van der Waals surface area contributed by atoms with E-state index in [0.717, 1.165) is 19.1 Å². The standard InChI is InChI=1S/C12H21N3/c1-2-5-13-6-7-14-8-10-15(11-9-14)12-3-4-12/h1,12-13H,3-11H2. The van der Waals surface area contributed by atoms with Crippen LogP contribution in [0.3, 0.4) is 0 Å². The van der Waals surface area contributed by atoms with Gasteiger partial charge in [0.05, 0.1) is 6.54 Å². The Labute approximate surface area is 92.8 Å². The van der Waals surface area contributed by atoms with Crippen molar-refractivity contribution in [1.29, 1.82) is 0 Å². The number of hydrogen-bond donors (Lipinski definition) is 1. The van der Waals surface area contributed by atoms with E-state index in [9.17, 15) is 0 Å². The first kappa shape index (κ1) is 10.9. The van der Waals surface area contributed by atoms with Gasteiger partial charge >= 0.3 is 0 Å². The Morgan fingerprint density at radius 3 is 2.53 bits per heavy atom. The van der Waals surface area contributed by atoms with E-state index in [1.54, 1.807) is 0 Å². The summed E-state index contributed by atoms with van der Waals surface area (Å²) >= 11 is 0. The minimum Gasteiger partial charge on any atom is -0.305 e. The lowest BCUT2D eigenvalue weighted by molar-refractivity contribution is 0.127. The van der Waals surface area contributed by atoms with Crippen LogP contribution in [0, 0.1) is 12.3 Å². The van der Waals surface area contributed by atoms with Gasteiger partial charge in [0, 0.05) is 45.3 Å². The third-order valence-electron chi connectivity index (χ3n) is 3.30. The third kappa shape index (κ3) is 3.49. The zero-order chi connectivity index (χ0) is 10.5. The summed E-state index contributed by atoms with van der Waals surface area (Å²) in [5.41, 5.74) is 0. The first-order chi connectivity index (χ1) is 7.40. The van der Waals surface area contributed by atoms with Crippen molar-refractivity contribution in [2.75, 3.05) is 45.8 Å². The molecule has 84 valence electrons. The fourth-order valence-electron chi connectivity index (χ4n) is 2.19. The second-order valence-electron chi connectivity index (χ2n) is 4.49. The van der Waals surface area contributed by atoms with E-state index < -0.39 is 0 Å². The summed E-state index contributed by atoms with van der Waals surface area (Å²) in [6.45, 7) is 7.85. The summed E-state index contributed by atoms with van der Waals surface area (Å²) in [6, 6.07) is 0.937. The van der Waals surface area contributed by atoms with Gasteiger partial charge in [-0.3, -0.25) is 9.80 Å². The quantitative estimate of drug-likeness (QED) is 0.505. The highest BCUT2D eigenvalue weighted by atomic mass is 15.3. The van der Waals surface area contributed by atoms with Crippen LogP contribution in [0.1, 0.15) is 12.8 Å². The first-order valence-electron chi connectivity index (χ1n) is 6.01. The van der Waals surface area contributed by atoms with Gasteiger partial charge in [0.1, 0.15) is 0 Å². The van der Waals surface area contributed by atoms with E-state index >= 15 is 0 Å². The molecule has 1 aliphatic heterocycles. The SMILES string of the molecule is C#CCNCCN1CCN(C2CC2)CC1. The fraction of sp³-hybridized carbons (Fsp3) is 0.833. The van der Waals surface area contributed by atoms with Crippen molar-refractivity contribution in [3.63, 3.8) is 0 Å². The summed E-state index contributed by atoms with van der Waals surface area (Å²) in [5, 5.41) is 3.24. The molecule has 0 unspecified atom stereocenters. The summed E-state index contributed by atoms with van der Waals surface area (Å²) in [5.74, 6) is 2.60. The molecule has 1 saturated heterocycles. The number of nitrogens with one attached hydrogen (secondary N) is 1. The van der Waals surface area contributed by atoms with Gasteiger partial charge in [0.25, 0.3) is 0 Å². The molecular weight excluding hydrogens is 186 g/mol. The molecule has 0 atom stereocenters. The average Bonchev–Trinajstić information content (AvgIpc) is 3.09. The molecule has 1 heterocycles. The van der Waals surface area contributed by atoms with Crippen LogP contribution < -0.4 is 5.32 Å². The lowest BCUT2D eigenvalue weighted by atomic mass is 10.3. The van der Waals surface area contributed by atoms with Gasteiger partial charge in [-0.15, -0.1) is 6.42 Å². The predicted octanol–water partition coefficient (Wildman–Crippen LogP) is -0.0108. The first-order valence-corrected chi connectivity index (χ1v) is 6.01. The zero-order valence-corrected chi connectivity index (χ0v) is 9.41. The lowest BCUT2D eigenvalue weighted by Crippen LogP contribution is -2.48. The Morgan fingerprint density at radius 2 is 1.93 bits per heavy atom.